The third kappa shape index (κ3) is 2.49. The third-order valence-corrected chi connectivity index (χ3v) is 2.74. The smallest absolute Gasteiger partial charge is 0.0971 e. The van der Waals surface area contributed by atoms with Crippen LogP contribution in [-0.4, -0.2) is 33.1 Å². The highest BCUT2D eigenvalue weighted by Crippen LogP contribution is 2.20. The second-order valence-electron chi connectivity index (χ2n) is 3.54. The fourth-order valence-corrected chi connectivity index (χ4v) is 1.78. The predicted molar refractivity (Wildman–Crippen MR) is 58.7 cm³/mol. The van der Waals surface area contributed by atoms with Crippen molar-refractivity contribution in [3.63, 3.8) is 0 Å². The normalized spacial score (nSPS) is 20.8. The van der Waals surface area contributed by atoms with E-state index in [-0.39, 0.29) is 6.10 Å². The molecule has 0 amide bonds. The first-order chi connectivity index (χ1) is 7.31. The largest absolute Gasteiger partial charge is 0.382 e. The van der Waals surface area contributed by atoms with Crippen LogP contribution in [0, 0.1) is 10.4 Å². The van der Waals surface area contributed by atoms with Gasteiger partial charge in [-0.1, -0.05) is 23.7 Å². The van der Waals surface area contributed by atoms with Crippen molar-refractivity contribution in [2.75, 3.05) is 27.0 Å². The SMILES string of the molecule is COCC1CNCO1.Clc1cc2ccc1=2. The first-order valence-corrected chi connectivity index (χ1v) is 5.30. The van der Waals surface area contributed by atoms with Gasteiger partial charge < -0.3 is 9.47 Å². The molecule has 3 rings (SSSR count). The van der Waals surface area contributed by atoms with E-state index in [9.17, 15) is 0 Å². The van der Waals surface area contributed by atoms with E-state index in [4.69, 9.17) is 21.1 Å². The van der Waals surface area contributed by atoms with Gasteiger partial charge in [0.05, 0.1) is 19.4 Å². The van der Waals surface area contributed by atoms with E-state index in [1.165, 1.54) is 10.4 Å². The number of hydrogen-bond acceptors (Lipinski definition) is 3. The van der Waals surface area contributed by atoms with Crippen LogP contribution in [-0.2, 0) is 9.47 Å². The molecule has 0 bridgehead atoms. The van der Waals surface area contributed by atoms with Crippen molar-refractivity contribution in [3.8, 4) is 0 Å². The van der Waals surface area contributed by atoms with Crippen LogP contribution in [0.25, 0.3) is 0 Å². The summed E-state index contributed by atoms with van der Waals surface area (Å²) in [5.41, 5.74) is 0. The fourth-order valence-electron chi connectivity index (χ4n) is 1.49. The van der Waals surface area contributed by atoms with Gasteiger partial charge in [-0.2, -0.15) is 0 Å². The molecule has 1 saturated heterocycles. The van der Waals surface area contributed by atoms with Gasteiger partial charge in [0.15, 0.2) is 0 Å². The molecule has 0 aromatic heterocycles. The molecule has 1 heterocycles. The third-order valence-electron chi connectivity index (χ3n) is 2.43. The number of halogens is 1. The van der Waals surface area contributed by atoms with Gasteiger partial charge in [-0.15, -0.1) is 0 Å². The lowest BCUT2D eigenvalue weighted by Crippen LogP contribution is -2.18. The minimum atomic E-state index is 0.278. The summed E-state index contributed by atoms with van der Waals surface area (Å²) in [6, 6.07) is 6.05. The second kappa shape index (κ2) is 4.94. The Morgan fingerprint density at radius 2 is 2.47 bits per heavy atom. The van der Waals surface area contributed by atoms with Crippen LogP contribution in [0.3, 0.4) is 0 Å². The number of ether oxygens (including phenoxy) is 2. The summed E-state index contributed by atoms with van der Waals surface area (Å²) >= 11 is 5.60. The first-order valence-electron chi connectivity index (χ1n) is 4.92. The summed E-state index contributed by atoms with van der Waals surface area (Å²) in [5.74, 6) is 0. The molecule has 1 unspecified atom stereocenters. The molecule has 1 atom stereocenters. The second-order valence-corrected chi connectivity index (χ2v) is 3.94. The molecule has 2 aliphatic carbocycles. The summed E-state index contributed by atoms with van der Waals surface area (Å²) < 4.78 is 10.0. The zero-order valence-electron chi connectivity index (χ0n) is 8.63. The minimum absolute atomic E-state index is 0.278. The Balaban J connectivity index is 0.000000114. The average molecular weight is 228 g/mol. The summed E-state index contributed by atoms with van der Waals surface area (Å²) in [7, 11) is 1.68. The van der Waals surface area contributed by atoms with Crippen molar-refractivity contribution in [1.82, 2.24) is 5.32 Å². The molecule has 0 saturated carbocycles. The number of methoxy groups -OCH3 is 1. The number of nitrogens with one attached hydrogen (secondary N) is 1. The van der Waals surface area contributed by atoms with Gasteiger partial charge in [0.25, 0.3) is 0 Å². The van der Waals surface area contributed by atoms with Crippen LogP contribution < -0.4 is 5.32 Å². The maximum absolute atomic E-state index is 5.60. The van der Waals surface area contributed by atoms with Gasteiger partial charge in [0.1, 0.15) is 0 Å². The molecular formula is C11H14ClNO2. The Kier molecular flexibility index (Phi) is 3.59. The van der Waals surface area contributed by atoms with E-state index in [0.29, 0.717) is 13.3 Å². The molecule has 0 aromatic rings. The molecular weight excluding hydrogens is 214 g/mol. The summed E-state index contributed by atoms with van der Waals surface area (Å²) in [5, 5.41) is 6.52. The lowest BCUT2D eigenvalue weighted by molar-refractivity contribution is 0.0420. The molecule has 0 aromatic carbocycles. The molecule has 1 aliphatic heterocycles. The summed E-state index contributed by atoms with van der Waals surface area (Å²) in [6.07, 6.45) is 0.278. The van der Waals surface area contributed by atoms with Crippen LogP contribution in [0.1, 0.15) is 0 Å². The maximum atomic E-state index is 5.60. The van der Waals surface area contributed by atoms with Crippen molar-refractivity contribution < 1.29 is 9.47 Å². The highest BCUT2D eigenvalue weighted by Gasteiger charge is 2.12. The molecule has 15 heavy (non-hydrogen) atoms. The van der Waals surface area contributed by atoms with Gasteiger partial charge in [-0.05, 0) is 11.3 Å². The zero-order chi connectivity index (χ0) is 10.7. The van der Waals surface area contributed by atoms with Crippen molar-refractivity contribution in [1.29, 1.82) is 0 Å². The Morgan fingerprint density at radius 1 is 1.60 bits per heavy atom. The van der Waals surface area contributed by atoms with E-state index in [2.05, 4.69) is 11.4 Å². The first kappa shape index (κ1) is 10.9. The van der Waals surface area contributed by atoms with Crippen molar-refractivity contribution in [2.45, 2.75) is 6.10 Å². The van der Waals surface area contributed by atoms with E-state index >= 15 is 0 Å². The molecule has 1 N–H and O–H groups in total. The molecule has 0 radical (unpaired) electrons. The average Bonchev–Trinajstić information content (AvgIpc) is 2.68. The van der Waals surface area contributed by atoms with Crippen LogP contribution in [0.5, 0.6) is 0 Å². The number of rotatable bonds is 2. The van der Waals surface area contributed by atoms with E-state index < -0.39 is 0 Å². The van der Waals surface area contributed by atoms with Gasteiger partial charge >= 0.3 is 0 Å². The summed E-state index contributed by atoms with van der Waals surface area (Å²) in [4.78, 5) is 0. The lowest BCUT2D eigenvalue weighted by Gasteiger charge is -2.03. The maximum Gasteiger partial charge on any atom is 0.0971 e. The highest BCUT2D eigenvalue weighted by molar-refractivity contribution is 6.31. The van der Waals surface area contributed by atoms with Crippen LogP contribution in [0.4, 0.5) is 0 Å². The molecule has 1 fully saturated rings. The van der Waals surface area contributed by atoms with Crippen LogP contribution in [0.2, 0.25) is 5.02 Å². The van der Waals surface area contributed by atoms with E-state index in [0.717, 1.165) is 11.6 Å². The molecule has 0 spiro atoms. The molecule has 3 aliphatic rings. The van der Waals surface area contributed by atoms with Gasteiger partial charge in [0.2, 0.25) is 0 Å². The summed E-state index contributed by atoms with van der Waals surface area (Å²) in [6.45, 7) is 2.30. The number of hydrogen-bond donors (Lipinski definition) is 1. The Bertz CT molecular complexity index is 415. The lowest BCUT2D eigenvalue weighted by atomic mass is 10.1. The highest BCUT2D eigenvalue weighted by atomic mass is 35.5. The Labute approximate surface area is 93.6 Å². The quantitative estimate of drug-likeness (QED) is 0.844. The standard InChI is InChI=1S/C6H3Cl.C5H11NO2/c7-6-3-4-1-2-5(4)6;1-7-3-5-2-6-4-8-5/h1-3H;5-6H,2-4H2,1H3. The predicted octanol–water partition coefficient (Wildman–Crippen LogP) is 1.52. The molecule has 3 nitrogen and oxygen atoms in total. The number of benzene rings is 1. The van der Waals surface area contributed by atoms with Gasteiger partial charge in [-0.3, -0.25) is 5.32 Å². The molecule has 82 valence electrons. The Hall–Kier alpha value is -0.610. The van der Waals surface area contributed by atoms with Crippen molar-refractivity contribution >= 4 is 11.6 Å². The van der Waals surface area contributed by atoms with Crippen LogP contribution in [0.15, 0.2) is 18.2 Å². The monoisotopic (exact) mass is 227 g/mol. The zero-order valence-corrected chi connectivity index (χ0v) is 9.38. The fraction of sp³-hybridized carbons (Fsp3) is 0.455. The van der Waals surface area contributed by atoms with E-state index in [1.807, 2.05) is 12.1 Å². The van der Waals surface area contributed by atoms with Crippen LogP contribution >= 0.6 is 11.6 Å². The topological polar surface area (TPSA) is 30.5 Å². The van der Waals surface area contributed by atoms with E-state index in [1.54, 1.807) is 7.11 Å². The Morgan fingerprint density at radius 3 is 2.73 bits per heavy atom. The van der Waals surface area contributed by atoms with Crippen molar-refractivity contribution in [3.05, 3.63) is 33.7 Å². The van der Waals surface area contributed by atoms with Crippen molar-refractivity contribution in [2.24, 2.45) is 0 Å². The minimum Gasteiger partial charge on any atom is -0.382 e. The molecule has 4 heteroatoms. The van der Waals surface area contributed by atoms with Gasteiger partial charge in [-0.25, -0.2) is 0 Å². The van der Waals surface area contributed by atoms with Gasteiger partial charge in [0, 0.05) is 23.9 Å².